The smallest absolute Gasteiger partial charge is 0.244 e. The minimum Gasteiger partial charge on any atom is -0.504 e. The van der Waals surface area contributed by atoms with Crippen LogP contribution in [-0.4, -0.2) is 36.6 Å². The van der Waals surface area contributed by atoms with Crippen LogP contribution in [0.3, 0.4) is 0 Å². The lowest BCUT2D eigenvalue weighted by Gasteiger charge is -2.24. The minimum atomic E-state index is -0.618. The molecule has 31 heavy (non-hydrogen) atoms. The second-order valence-electron chi connectivity index (χ2n) is 6.74. The maximum absolute atomic E-state index is 10.3. The number of aromatic hydroxyl groups is 1. The van der Waals surface area contributed by atoms with Crippen molar-refractivity contribution in [3.8, 4) is 46.2 Å². The summed E-state index contributed by atoms with van der Waals surface area (Å²) in [6.07, 6.45) is 0. The number of H-pyrrole nitrogens is 1. The summed E-state index contributed by atoms with van der Waals surface area (Å²) in [4.78, 5) is 0. The van der Waals surface area contributed by atoms with E-state index >= 15 is 0 Å². The molecule has 0 amide bonds. The molecule has 4 N–H and O–H groups in total. The average Bonchev–Trinajstić information content (AvgIpc) is 3.20. The lowest BCUT2D eigenvalue weighted by molar-refractivity contribution is 0.355. The standard InChI is InChI=1S/C22H20N4O5/c1-28-15-6-4-11(8-14(15)27)18-13(10-23)21(24)31-22-19(18)20(25-26-22)12-5-7-16(29-2)17(9-12)30-3/h4-9,18,27H,24H2,1-3H3,(H,25,26)/t18-/m0/s1. The first-order chi connectivity index (χ1) is 15.0. The number of hydrogen-bond donors (Lipinski definition) is 3. The quantitative estimate of drug-likeness (QED) is 0.573. The number of aromatic amines is 1. The van der Waals surface area contributed by atoms with Gasteiger partial charge in [-0.15, -0.1) is 5.10 Å². The van der Waals surface area contributed by atoms with Crippen molar-refractivity contribution in [3.05, 3.63) is 59.0 Å². The number of rotatable bonds is 5. The molecule has 0 spiro atoms. The van der Waals surface area contributed by atoms with Crippen LogP contribution in [0, 0.1) is 11.3 Å². The maximum Gasteiger partial charge on any atom is 0.244 e. The second kappa shape index (κ2) is 7.84. The first-order valence-corrected chi connectivity index (χ1v) is 9.27. The van der Waals surface area contributed by atoms with E-state index in [4.69, 9.17) is 24.7 Å². The summed E-state index contributed by atoms with van der Waals surface area (Å²) in [5, 5.41) is 27.4. The van der Waals surface area contributed by atoms with Gasteiger partial charge in [0.2, 0.25) is 11.8 Å². The summed E-state index contributed by atoms with van der Waals surface area (Å²) in [7, 11) is 4.57. The van der Waals surface area contributed by atoms with Crippen LogP contribution in [-0.2, 0) is 0 Å². The summed E-state index contributed by atoms with van der Waals surface area (Å²) >= 11 is 0. The van der Waals surface area contributed by atoms with Crippen LogP contribution in [0.4, 0.5) is 0 Å². The molecular weight excluding hydrogens is 400 g/mol. The molecule has 0 radical (unpaired) electrons. The molecule has 0 saturated heterocycles. The monoisotopic (exact) mass is 420 g/mol. The number of phenolic OH excluding ortho intramolecular Hbond substituents is 1. The molecule has 0 aliphatic carbocycles. The summed E-state index contributed by atoms with van der Waals surface area (Å²) < 4.78 is 21.5. The number of nitrogens with two attached hydrogens (primary N) is 1. The van der Waals surface area contributed by atoms with Crippen LogP contribution in [0.25, 0.3) is 11.3 Å². The highest BCUT2D eigenvalue weighted by Gasteiger charge is 2.36. The molecule has 4 rings (SSSR count). The Morgan fingerprint density at radius 1 is 1.06 bits per heavy atom. The minimum absolute atomic E-state index is 0.0410. The SMILES string of the molecule is COc1ccc([C@H]2C(C#N)=C(N)Oc3n[nH]c(-c4ccc(OC)c(OC)c4)c32)cc1O. The van der Waals surface area contributed by atoms with Crippen molar-refractivity contribution >= 4 is 0 Å². The molecular formula is C22H20N4O5. The van der Waals surface area contributed by atoms with Crippen LogP contribution in [0.15, 0.2) is 47.9 Å². The van der Waals surface area contributed by atoms with E-state index in [1.54, 1.807) is 38.5 Å². The van der Waals surface area contributed by atoms with Crippen molar-refractivity contribution in [2.24, 2.45) is 5.73 Å². The lowest BCUT2D eigenvalue weighted by atomic mass is 9.83. The van der Waals surface area contributed by atoms with Crippen molar-refractivity contribution in [1.29, 1.82) is 5.26 Å². The molecule has 158 valence electrons. The molecule has 1 aliphatic heterocycles. The Kier molecular flexibility index (Phi) is 5.05. The lowest BCUT2D eigenvalue weighted by Crippen LogP contribution is -2.21. The van der Waals surface area contributed by atoms with Gasteiger partial charge in [-0.2, -0.15) is 5.26 Å². The van der Waals surface area contributed by atoms with E-state index in [2.05, 4.69) is 16.3 Å². The largest absolute Gasteiger partial charge is 0.504 e. The molecule has 0 unspecified atom stereocenters. The van der Waals surface area contributed by atoms with Crippen LogP contribution in [0.5, 0.6) is 28.9 Å². The fourth-order valence-electron chi connectivity index (χ4n) is 3.68. The van der Waals surface area contributed by atoms with Gasteiger partial charge in [0, 0.05) is 5.56 Å². The first-order valence-electron chi connectivity index (χ1n) is 9.27. The summed E-state index contributed by atoms with van der Waals surface area (Å²) in [6, 6.07) is 12.5. The fourth-order valence-corrected chi connectivity index (χ4v) is 3.68. The number of ether oxygens (including phenoxy) is 4. The van der Waals surface area contributed by atoms with Gasteiger partial charge in [0.05, 0.1) is 38.5 Å². The van der Waals surface area contributed by atoms with Crippen LogP contribution in [0.2, 0.25) is 0 Å². The number of allylic oxidation sites excluding steroid dienone is 1. The average molecular weight is 420 g/mol. The summed E-state index contributed by atoms with van der Waals surface area (Å²) in [5.41, 5.74) is 8.83. The van der Waals surface area contributed by atoms with Crippen molar-refractivity contribution in [3.63, 3.8) is 0 Å². The van der Waals surface area contributed by atoms with Gasteiger partial charge in [-0.3, -0.25) is 5.10 Å². The third-order valence-corrected chi connectivity index (χ3v) is 5.15. The van der Waals surface area contributed by atoms with Crippen LogP contribution in [0.1, 0.15) is 17.0 Å². The number of methoxy groups -OCH3 is 3. The predicted octanol–water partition coefficient (Wildman–Crippen LogP) is 3.03. The van der Waals surface area contributed by atoms with E-state index in [9.17, 15) is 10.4 Å². The number of benzene rings is 2. The van der Waals surface area contributed by atoms with Gasteiger partial charge in [0.15, 0.2) is 23.0 Å². The van der Waals surface area contributed by atoms with Crippen LogP contribution < -0.4 is 24.7 Å². The number of phenols is 1. The summed E-state index contributed by atoms with van der Waals surface area (Å²) in [6.45, 7) is 0. The molecule has 1 aromatic heterocycles. The molecule has 1 aliphatic rings. The Morgan fingerprint density at radius 2 is 1.77 bits per heavy atom. The molecule has 9 heteroatoms. The zero-order chi connectivity index (χ0) is 22.1. The summed E-state index contributed by atoms with van der Waals surface area (Å²) in [5.74, 6) is 0.970. The van der Waals surface area contributed by atoms with Crippen molar-refractivity contribution < 1.29 is 24.1 Å². The molecule has 2 heterocycles. The predicted molar refractivity (Wildman–Crippen MR) is 111 cm³/mol. The normalized spacial score (nSPS) is 15.0. The third-order valence-electron chi connectivity index (χ3n) is 5.15. The van der Waals surface area contributed by atoms with Gasteiger partial charge in [0.1, 0.15) is 11.6 Å². The Balaban J connectivity index is 1.92. The van der Waals surface area contributed by atoms with E-state index in [0.717, 1.165) is 5.56 Å². The van der Waals surface area contributed by atoms with Gasteiger partial charge in [0.25, 0.3) is 0 Å². The first kappa shape index (κ1) is 20.0. The van der Waals surface area contributed by atoms with E-state index in [1.807, 2.05) is 6.07 Å². The molecule has 0 fully saturated rings. The van der Waals surface area contributed by atoms with E-state index in [1.165, 1.54) is 13.2 Å². The Bertz CT molecular complexity index is 1230. The van der Waals surface area contributed by atoms with Gasteiger partial charge < -0.3 is 29.8 Å². The number of nitrogens with one attached hydrogen (secondary N) is 1. The maximum atomic E-state index is 10.3. The van der Waals surface area contributed by atoms with Gasteiger partial charge in [-0.25, -0.2) is 0 Å². The van der Waals surface area contributed by atoms with Gasteiger partial charge in [-0.05, 0) is 35.9 Å². The number of nitrogens with zero attached hydrogens (tertiary/aromatic N) is 2. The molecule has 2 aromatic carbocycles. The third kappa shape index (κ3) is 3.24. The Morgan fingerprint density at radius 3 is 2.42 bits per heavy atom. The highest BCUT2D eigenvalue weighted by molar-refractivity contribution is 5.73. The van der Waals surface area contributed by atoms with Gasteiger partial charge >= 0.3 is 0 Å². The van der Waals surface area contributed by atoms with Gasteiger partial charge in [-0.1, -0.05) is 6.07 Å². The van der Waals surface area contributed by atoms with E-state index < -0.39 is 5.92 Å². The van der Waals surface area contributed by atoms with Crippen LogP contribution >= 0.6 is 0 Å². The van der Waals surface area contributed by atoms with Crippen molar-refractivity contribution in [2.75, 3.05) is 21.3 Å². The molecule has 3 aromatic rings. The molecule has 1 atom stereocenters. The van der Waals surface area contributed by atoms with Crippen molar-refractivity contribution in [1.82, 2.24) is 10.2 Å². The fraction of sp³-hybridized carbons (Fsp3) is 0.182. The van der Waals surface area contributed by atoms with E-state index in [0.29, 0.717) is 34.1 Å². The number of hydrogen-bond acceptors (Lipinski definition) is 8. The zero-order valence-electron chi connectivity index (χ0n) is 17.1. The highest BCUT2D eigenvalue weighted by Crippen LogP contribution is 2.47. The zero-order valence-corrected chi connectivity index (χ0v) is 17.1. The number of fused-ring (bicyclic) bond motifs is 1. The van der Waals surface area contributed by atoms with Crippen molar-refractivity contribution in [2.45, 2.75) is 5.92 Å². The van der Waals surface area contributed by atoms with E-state index in [-0.39, 0.29) is 23.1 Å². The Hall–Kier alpha value is -4.32. The Labute approximate surface area is 178 Å². The topological polar surface area (TPSA) is 136 Å². The number of aromatic nitrogens is 2. The molecule has 9 nitrogen and oxygen atoms in total. The highest BCUT2D eigenvalue weighted by atomic mass is 16.5. The molecule has 0 saturated carbocycles. The molecule has 0 bridgehead atoms. The second-order valence-corrected chi connectivity index (χ2v) is 6.74. The number of nitriles is 1.